The van der Waals surface area contributed by atoms with Crippen LogP contribution in [-0.2, 0) is 6.54 Å². The molecule has 0 bridgehead atoms. The lowest BCUT2D eigenvalue weighted by Gasteiger charge is -2.25. The van der Waals surface area contributed by atoms with Gasteiger partial charge in [0.05, 0.1) is 6.33 Å². The summed E-state index contributed by atoms with van der Waals surface area (Å²) in [6.45, 7) is 2.34. The predicted molar refractivity (Wildman–Crippen MR) is 112 cm³/mol. The largest absolute Gasteiger partial charge is 0.338 e. The van der Waals surface area contributed by atoms with Crippen molar-refractivity contribution in [2.24, 2.45) is 0 Å². The number of carbonyl (C=O) groups excluding carboxylic acids is 1. The van der Waals surface area contributed by atoms with Crippen molar-refractivity contribution in [3.63, 3.8) is 0 Å². The molecule has 144 valence electrons. The Hall–Kier alpha value is -2.59. The van der Waals surface area contributed by atoms with Gasteiger partial charge in [-0.3, -0.25) is 4.79 Å². The third-order valence-electron chi connectivity index (χ3n) is 5.43. The van der Waals surface area contributed by atoms with Crippen LogP contribution in [0.2, 0.25) is 5.02 Å². The summed E-state index contributed by atoms with van der Waals surface area (Å²) in [6.07, 6.45) is 8.81. The molecule has 0 unspecified atom stereocenters. The van der Waals surface area contributed by atoms with Gasteiger partial charge >= 0.3 is 0 Å². The fourth-order valence-electron chi connectivity index (χ4n) is 3.86. The minimum atomic E-state index is 0.120. The lowest BCUT2D eigenvalue weighted by atomic mass is 9.94. The second-order valence-corrected chi connectivity index (χ2v) is 7.86. The molecular formula is C23H24ClN3O. The van der Waals surface area contributed by atoms with Crippen LogP contribution < -0.4 is 0 Å². The van der Waals surface area contributed by atoms with Crippen LogP contribution in [0.5, 0.6) is 0 Å². The maximum absolute atomic E-state index is 13.1. The highest BCUT2D eigenvalue weighted by Crippen LogP contribution is 2.28. The fraction of sp³-hybridized carbons (Fsp3) is 0.304. The molecule has 1 aromatic heterocycles. The summed E-state index contributed by atoms with van der Waals surface area (Å²) in [5.74, 6) is 0.485. The Kier molecular flexibility index (Phi) is 5.77. The van der Waals surface area contributed by atoms with Crippen molar-refractivity contribution in [1.82, 2.24) is 14.5 Å². The number of benzene rings is 2. The van der Waals surface area contributed by atoms with Crippen LogP contribution in [0.25, 0.3) is 0 Å². The van der Waals surface area contributed by atoms with E-state index in [-0.39, 0.29) is 5.91 Å². The first-order chi connectivity index (χ1) is 13.7. The molecule has 0 spiro atoms. The van der Waals surface area contributed by atoms with Crippen LogP contribution in [0, 0.1) is 0 Å². The highest BCUT2D eigenvalue weighted by Gasteiger charge is 2.24. The van der Waals surface area contributed by atoms with Crippen molar-refractivity contribution >= 4 is 17.5 Å². The zero-order chi connectivity index (χ0) is 19.3. The molecule has 4 nitrogen and oxygen atoms in total. The van der Waals surface area contributed by atoms with E-state index in [1.807, 2.05) is 52.1 Å². The maximum Gasteiger partial charge on any atom is 0.253 e. The number of hydrogen-bond acceptors (Lipinski definition) is 2. The van der Waals surface area contributed by atoms with Crippen LogP contribution in [0.4, 0.5) is 0 Å². The molecule has 1 aliphatic heterocycles. The van der Waals surface area contributed by atoms with Gasteiger partial charge < -0.3 is 9.47 Å². The summed E-state index contributed by atoms with van der Waals surface area (Å²) >= 11 is 6.03. The maximum atomic E-state index is 13.1. The lowest BCUT2D eigenvalue weighted by molar-refractivity contribution is 0.0754. The third kappa shape index (κ3) is 4.45. The van der Waals surface area contributed by atoms with E-state index in [1.54, 1.807) is 12.5 Å². The number of hydrogen-bond donors (Lipinski definition) is 0. The van der Waals surface area contributed by atoms with Gasteiger partial charge in [0, 0.05) is 48.5 Å². The predicted octanol–water partition coefficient (Wildman–Crippen LogP) is 4.99. The van der Waals surface area contributed by atoms with Crippen LogP contribution in [0.3, 0.4) is 0 Å². The van der Waals surface area contributed by atoms with Crippen molar-refractivity contribution in [1.29, 1.82) is 0 Å². The molecule has 1 saturated heterocycles. The summed E-state index contributed by atoms with van der Waals surface area (Å²) in [6, 6.07) is 16.0. The fourth-order valence-corrected chi connectivity index (χ4v) is 3.99. The van der Waals surface area contributed by atoms with Gasteiger partial charge in [-0.2, -0.15) is 0 Å². The van der Waals surface area contributed by atoms with E-state index in [0.29, 0.717) is 5.92 Å². The zero-order valence-corrected chi connectivity index (χ0v) is 16.6. The molecule has 1 aliphatic rings. The van der Waals surface area contributed by atoms with E-state index >= 15 is 0 Å². The molecule has 3 aromatic rings. The van der Waals surface area contributed by atoms with Crippen molar-refractivity contribution in [2.45, 2.75) is 31.7 Å². The molecular weight excluding hydrogens is 370 g/mol. The third-order valence-corrected chi connectivity index (χ3v) is 5.68. The molecule has 1 fully saturated rings. The number of rotatable bonds is 4. The molecule has 1 atom stereocenters. The Labute approximate surface area is 170 Å². The first kappa shape index (κ1) is 18.8. The van der Waals surface area contributed by atoms with Gasteiger partial charge in [0.2, 0.25) is 0 Å². The first-order valence-corrected chi connectivity index (χ1v) is 10.2. The highest BCUT2D eigenvalue weighted by atomic mass is 35.5. The standard InChI is InChI=1S/C23H24ClN3O/c24-22-10-8-19(9-11-22)21-3-1-2-13-27(16-21)23(28)20-6-4-18(5-7-20)15-26-14-12-25-17-26/h4-12,14,17,21H,1-3,13,15-16H2/t21-/m1/s1. The summed E-state index contributed by atoms with van der Waals surface area (Å²) in [4.78, 5) is 19.2. The smallest absolute Gasteiger partial charge is 0.253 e. The Morgan fingerprint density at radius 3 is 2.57 bits per heavy atom. The Morgan fingerprint density at radius 1 is 1.07 bits per heavy atom. The average molecular weight is 394 g/mol. The summed E-state index contributed by atoms with van der Waals surface area (Å²) in [5.41, 5.74) is 3.18. The van der Waals surface area contributed by atoms with E-state index in [1.165, 1.54) is 5.56 Å². The Bertz CT molecular complexity index is 904. The molecule has 28 heavy (non-hydrogen) atoms. The van der Waals surface area contributed by atoms with Crippen molar-refractivity contribution in [2.75, 3.05) is 13.1 Å². The zero-order valence-electron chi connectivity index (χ0n) is 15.8. The molecule has 0 N–H and O–H groups in total. The van der Waals surface area contributed by atoms with Crippen LogP contribution in [-0.4, -0.2) is 33.4 Å². The van der Waals surface area contributed by atoms with E-state index in [9.17, 15) is 4.79 Å². The van der Waals surface area contributed by atoms with Gasteiger partial charge in [-0.1, -0.05) is 42.3 Å². The second kappa shape index (κ2) is 8.61. The SMILES string of the molecule is O=C(c1ccc(Cn2ccnc2)cc1)N1CCCC[C@@H](c2ccc(Cl)cc2)C1. The number of halogens is 1. The summed E-state index contributed by atoms with van der Waals surface area (Å²) in [5, 5.41) is 0.751. The van der Waals surface area contributed by atoms with Crippen LogP contribution in [0.1, 0.15) is 46.7 Å². The number of nitrogens with zero attached hydrogens (tertiary/aromatic N) is 3. The summed E-state index contributed by atoms with van der Waals surface area (Å²) < 4.78 is 2.02. The van der Waals surface area contributed by atoms with E-state index in [0.717, 1.165) is 55.0 Å². The number of aromatic nitrogens is 2. The minimum Gasteiger partial charge on any atom is -0.338 e. The van der Waals surface area contributed by atoms with E-state index in [4.69, 9.17) is 11.6 Å². The van der Waals surface area contributed by atoms with Crippen LogP contribution >= 0.6 is 11.6 Å². The van der Waals surface area contributed by atoms with Crippen molar-refractivity contribution in [3.8, 4) is 0 Å². The number of imidazole rings is 1. The van der Waals surface area contributed by atoms with Gasteiger partial charge in [-0.15, -0.1) is 0 Å². The molecule has 4 rings (SSSR count). The molecule has 0 aliphatic carbocycles. The normalized spacial score (nSPS) is 17.3. The molecule has 2 heterocycles. The number of carbonyl (C=O) groups is 1. The van der Waals surface area contributed by atoms with E-state index < -0.39 is 0 Å². The molecule has 5 heteroatoms. The topological polar surface area (TPSA) is 38.1 Å². The van der Waals surface area contributed by atoms with Gasteiger partial charge in [0.25, 0.3) is 5.91 Å². The number of amides is 1. The second-order valence-electron chi connectivity index (χ2n) is 7.43. The van der Waals surface area contributed by atoms with Gasteiger partial charge in [-0.25, -0.2) is 4.98 Å². The first-order valence-electron chi connectivity index (χ1n) is 9.78. The van der Waals surface area contributed by atoms with E-state index in [2.05, 4.69) is 17.1 Å². The van der Waals surface area contributed by atoms with Gasteiger partial charge in [0.1, 0.15) is 0 Å². The molecule has 2 aromatic carbocycles. The van der Waals surface area contributed by atoms with Crippen LogP contribution in [0.15, 0.2) is 67.3 Å². The highest BCUT2D eigenvalue weighted by molar-refractivity contribution is 6.30. The van der Waals surface area contributed by atoms with Gasteiger partial charge in [-0.05, 0) is 48.2 Å². The van der Waals surface area contributed by atoms with Crippen molar-refractivity contribution in [3.05, 3.63) is 89.0 Å². The molecule has 0 saturated carbocycles. The molecule has 0 radical (unpaired) electrons. The Morgan fingerprint density at radius 2 is 1.86 bits per heavy atom. The quantitative estimate of drug-likeness (QED) is 0.626. The summed E-state index contributed by atoms with van der Waals surface area (Å²) in [7, 11) is 0. The van der Waals surface area contributed by atoms with Gasteiger partial charge in [0.15, 0.2) is 0 Å². The lowest BCUT2D eigenvalue weighted by Crippen LogP contribution is -2.34. The average Bonchev–Trinajstić information content (AvgIpc) is 3.10. The minimum absolute atomic E-state index is 0.120. The molecule has 1 amide bonds. The number of likely N-dealkylation sites (tertiary alicyclic amines) is 1. The Balaban J connectivity index is 1.46. The monoisotopic (exact) mass is 393 g/mol. The van der Waals surface area contributed by atoms with Crippen molar-refractivity contribution < 1.29 is 4.79 Å².